The zero-order valence-corrected chi connectivity index (χ0v) is 5.80. The van der Waals surface area contributed by atoms with Crippen LogP contribution in [-0.2, 0) is 9.47 Å². The van der Waals surface area contributed by atoms with E-state index in [-0.39, 0.29) is 0 Å². The van der Waals surface area contributed by atoms with Crippen LogP contribution in [0.5, 0.6) is 0 Å². The first-order valence-electron chi connectivity index (χ1n) is 3.39. The quantitative estimate of drug-likeness (QED) is 0.573. The van der Waals surface area contributed by atoms with E-state index in [9.17, 15) is 0 Å². The SMILES string of the molecule is CO[CH]CC1CCCO1. The molecule has 0 bridgehead atoms. The Morgan fingerprint density at radius 3 is 3.22 bits per heavy atom. The van der Waals surface area contributed by atoms with E-state index in [0.29, 0.717) is 6.10 Å². The van der Waals surface area contributed by atoms with E-state index in [0.717, 1.165) is 13.0 Å². The molecule has 0 aromatic rings. The summed E-state index contributed by atoms with van der Waals surface area (Å²) in [4.78, 5) is 0. The van der Waals surface area contributed by atoms with E-state index in [1.165, 1.54) is 12.8 Å². The summed E-state index contributed by atoms with van der Waals surface area (Å²) in [6.07, 6.45) is 3.78. The van der Waals surface area contributed by atoms with E-state index in [4.69, 9.17) is 9.47 Å². The minimum atomic E-state index is 0.435. The molecule has 0 aromatic heterocycles. The standard InChI is InChI=1S/C7H13O2/c1-8-6-4-7-3-2-5-9-7/h6-7H,2-5H2,1H3. The highest BCUT2D eigenvalue weighted by molar-refractivity contribution is 4.68. The monoisotopic (exact) mass is 129 g/mol. The van der Waals surface area contributed by atoms with Gasteiger partial charge in [-0.1, -0.05) is 0 Å². The third-order valence-corrected chi connectivity index (χ3v) is 1.55. The molecule has 0 N–H and O–H groups in total. The molecular formula is C7H13O2. The second-order valence-corrected chi connectivity index (χ2v) is 2.27. The van der Waals surface area contributed by atoms with Crippen molar-refractivity contribution in [2.45, 2.75) is 25.4 Å². The minimum absolute atomic E-state index is 0.435. The summed E-state index contributed by atoms with van der Waals surface area (Å²) in [6, 6.07) is 0. The normalized spacial score (nSPS) is 27.0. The van der Waals surface area contributed by atoms with Gasteiger partial charge in [0.25, 0.3) is 0 Å². The van der Waals surface area contributed by atoms with Gasteiger partial charge in [-0.2, -0.15) is 0 Å². The van der Waals surface area contributed by atoms with Crippen LogP contribution in [-0.4, -0.2) is 19.8 Å². The first kappa shape index (κ1) is 7.03. The van der Waals surface area contributed by atoms with Gasteiger partial charge in [-0.15, -0.1) is 0 Å². The highest BCUT2D eigenvalue weighted by atomic mass is 16.5. The van der Waals surface area contributed by atoms with Crippen molar-refractivity contribution in [1.82, 2.24) is 0 Å². The van der Waals surface area contributed by atoms with Gasteiger partial charge >= 0.3 is 0 Å². The third kappa shape index (κ3) is 2.33. The van der Waals surface area contributed by atoms with Crippen LogP contribution in [0.4, 0.5) is 0 Å². The first-order valence-corrected chi connectivity index (χ1v) is 3.39. The predicted molar refractivity (Wildman–Crippen MR) is 34.9 cm³/mol. The summed E-state index contributed by atoms with van der Waals surface area (Å²) in [5.74, 6) is 0. The Bertz CT molecular complexity index is 67.3. The van der Waals surface area contributed by atoms with Crippen LogP contribution >= 0.6 is 0 Å². The zero-order valence-electron chi connectivity index (χ0n) is 5.80. The largest absolute Gasteiger partial charge is 0.379 e. The van der Waals surface area contributed by atoms with Crippen LogP contribution in [0.2, 0.25) is 0 Å². The topological polar surface area (TPSA) is 18.5 Å². The second-order valence-electron chi connectivity index (χ2n) is 2.27. The predicted octanol–water partition coefficient (Wildman–Crippen LogP) is 1.36. The van der Waals surface area contributed by atoms with Crippen molar-refractivity contribution in [2.24, 2.45) is 0 Å². The van der Waals surface area contributed by atoms with Crippen molar-refractivity contribution < 1.29 is 9.47 Å². The van der Waals surface area contributed by atoms with E-state index in [2.05, 4.69) is 0 Å². The molecule has 9 heavy (non-hydrogen) atoms. The zero-order chi connectivity index (χ0) is 6.53. The third-order valence-electron chi connectivity index (χ3n) is 1.55. The molecule has 0 amide bonds. The lowest BCUT2D eigenvalue weighted by atomic mass is 10.2. The first-order chi connectivity index (χ1) is 4.43. The fourth-order valence-electron chi connectivity index (χ4n) is 1.03. The molecule has 1 heterocycles. The van der Waals surface area contributed by atoms with Gasteiger partial charge in [-0.05, 0) is 12.8 Å². The molecule has 2 heteroatoms. The summed E-state index contributed by atoms with van der Waals surface area (Å²) in [7, 11) is 1.68. The molecule has 0 spiro atoms. The maximum absolute atomic E-state index is 5.34. The molecule has 1 saturated heterocycles. The molecule has 0 saturated carbocycles. The van der Waals surface area contributed by atoms with Gasteiger partial charge in [-0.3, -0.25) is 0 Å². The smallest absolute Gasteiger partial charge is 0.0858 e. The number of hydrogen-bond donors (Lipinski definition) is 0. The van der Waals surface area contributed by atoms with E-state index in [1.54, 1.807) is 13.7 Å². The second kappa shape index (κ2) is 3.85. The van der Waals surface area contributed by atoms with Gasteiger partial charge in [0.1, 0.15) is 0 Å². The van der Waals surface area contributed by atoms with Crippen LogP contribution in [0.15, 0.2) is 0 Å². The molecule has 1 rings (SSSR count). The maximum Gasteiger partial charge on any atom is 0.0858 e. The van der Waals surface area contributed by atoms with Crippen LogP contribution in [0.3, 0.4) is 0 Å². The molecule has 0 aromatic carbocycles. The van der Waals surface area contributed by atoms with Crippen LogP contribution < -0.4 is 0 Å². The number of rotatable bonds is 3. The molecule has 2 nitrogen and oxygen atoms in total. The molecule has 1 atom stereocenters. The van der Waals surface area contributed by atoms with E-state index in [1.807, 2.05) is 0 Å². The molecule has 0 aliphatic carbocycles. The minimum Gasteiger partial charge on any atom is -0.379 e. The average molecular weight is 129 g/mol. The van der Waals surface area contributed by atoms with Gasteiger partial charge in [-0.25, -0.2) is 0 Å². The van der Waals surface area contributed by atoms with E-state index >= 15 is 0 Å². The number of methoxy groups -OCH3 is 1. The van der Waals surface area contributed by atoms with Gasteiger partial charge < -0.3 is 9.47 Å². The maximum atomic E-state index is 5.34. The Kier molecular flexibility index (Phi) is 3.01. The molecule has 1 fully saturated rings. The fourth-order valence-corrected chi connectivity index (χ4v) is 1.03. The lowest BCUT2D eigenvalue weighted by Crippen LogP contribution is -2.04. The molecule has 53 valence electrons. The Labute approximate surface area is 56.2 Å². The molecule has 1 unspecified atom stereocenters. The van der Waals surface area contributed by atoms with Gasteiger partial charge in [0.15, 0.2) is 0 Å². The summed E-state index contributed by atoms with van der Waals surface area (Å²) in [5, 5.41) is 0. The van der Waals surface area contributed by atoms with Crippen LogP contribution in [0.1, 0.15) is 19.3 Å². The van der Waals surface area contributed by atoms with Crippen molar-refractivity contribution >= 4 is 0 Å². The summed E-state index contributed by atoms with van der Waals surface area (Å²) < 4.78 is 10.1. The number of ether oxygens (including phenoxy) is 2. The van der Waals surface area contributed by atoms with Crippen LogP contribution in [0, 0.1) is 6.61 Å². The van der Waals surface area contributed by atoms with Crippen molar-refractivity contribution in [3.05, 3.63) is 6.61 Å². The van der Waals surface area contributed by atoms with Gasteiger partial charge in [0, 0.05) is 20.1 Å². The Morgan fingerprint density at radius 2 is 2.67 bits per heavy atom. The Balaban J connectivity index is 1.98. The highest BCUT2D eigenvalue weighted by Gasteiger charge is 2.14. The van der Waals surface area contributed by atoms with Gasteiger partial charge in [0.05, 0.1) is 12.7 Å². The lowest BCUT2D eigenvalue weighted by Gasteiger charge is -2.05. The summed E-state index contributed by atoms with van der Waals surface area (Å²) >= 11 is 0. The van der Waals surface area contributed by atoms with Crippen molar-refractivity contribution in [2.75, 3.05) is 13.7 Å². The van der Waals surface area contributed by atoms with Crippen LogP contribution in [0.25, 0.3) is 0 Å². The van der Waals surface area contributed by atoms with Crippen molar-refractivity contribution in [1.29, 1.82) is 0 Å². The Morgan fingerprint density at radius 1 is 1.78 bits per heavy atom. The van der Waals surface area contributed by atoms with Crippen molar-refractivity contribution in [3.63, 3.8) is 0 Å². The highest BCUT2D eigenvalue weighted by Crippen LogP contribution is 2.15. The molecular weight excluding hydrogens is 116 g/mol. The summed E-state index contributed by atoms with van der Waals surface area (Å²) in [5.41, 5.74) is 0. The van der Waals surface area contributed by atoms with Gasteiger partial charge in [0.2, 0.25) is 0 Å². The Hall–Kier alpha value is -0.0800. The lowest BCUT2D eigenvalue weighted by molar-refractivity contribution is 0.0943. The molecule has 1 aliphatic rings. The number of hydrogen-bond acceptors (Lipinski definition) is 2. The van der Waals surface area contributed by atoms with Crippen molar-refractivity contribution in [3.8, 4) is 0 Å². The fraction of sp³-hybridized carbons (Fsp3) is 0.857. The summed E-state index contributed by atoms with van der Waals surface area (Å²) in [6.45, 7) is 2.73. The molecule has 1 aliphatic heterocycles. The average Bonchev–Trinajstić information content (AvgIpc) is 2.34. The van der Waals surface area contributed by atoms with E-state index < -0.39 is 0 Å². The molecule has 1 radical (unpaired) electrons.